The summed E-state index contributed by atoms with van der Waals surface area (Å²) in [6, 6.07) is 12.1. The zero-order chi connectivity index (χ0) is 14.8. The number of nitrogens with zero attached hydrogens (tertiary/aromatic N) is 4. The molecular formula is C16H17N5. The van der Waals surface area contributed by atoms with E-state index in [4.69, 9.17) is 11.0 Å². The molecule has 2 aromatic rings. The summed E-state index contributed by atoms with van der Waals surface area (Å²) in [6.07, 6.45) is 2.28. The predicted molar refractivity (Wildman–Crippen MR) is 81.5 cm³/mol. The van der Waals surface area contributed by atoms with Crippen molar-refractivity contribution in [1.82, 2.24) is 9.97 Å². The smallest absolute Gasteiger partial charge is 0.227 e. The van der Waals surface area contributed by atoms with Crippen LogP contribution in [-0.2, 0) is 6.54 Å². The van der Waals surface area contributed by atoms with Crippen LogP contribution >= 0.6 is 0 Å². The van der Waals surface area contributed by atoms with Crippen molar-refractivity contribution >= 4 is 11.6 Å². The van der Waals surface area contributed by atoms with Gasteiger partial charge in [0.25, 0.3) is 0 Å². The number of hydrogen-bond acceptors (Lipinski definition) is 5. The van der Waals surface area contributed by atoms with Gasteiger partial charge < -0.3 is 10.6 Å². The van der Waals surface area contributed by atoms with Gasteiger partial charge >= 0.3 is 0 Å². The summed E-state index contributed by atoms with van der Waals surface area (Å²) >= 11 is 0. The van der Waals surface area contributed by atoms with Gasteiger partial charge in [-0.05, 0) is 43.5 Å². The molecular weight excluding hydrogens is 262 g/mol. The highest BCUT2D eigenvalue weighted by Crippen LogP contribution is 2.31. The lowest BCUT2D eigenvalue weighted by Gasteiger charge is -2.23. The van der Waals surface area contributed by atoms with Gasteiger partial charge in [0.05, 0.1) is 0 Å². The maximum Gasteiger partial charge on any atom is 0.227 e. The lowest BCUT2D eigenvalue weighted by molar-refractivity contribution is 0.754. The molecule has 0 aliphatic heterocycles. The summed E-state index contributed by atoms with van der Waals surface area (Å²) in [5.41, 5.74) is 8.95. The third kappa shape index (κ3) is 3.11. The lowest BCUT2D eigenvalue weighted by atomic mass is 10.2. The average Bonchev–Trinajstić information content (AvgIpc) is 3.28. The van der Waals surface area contributed by atoms with Gasteiger partial charge in [-0.15, -0.1) is 0 Å². The number of rotatable bonds is 4. The molecule has 1 aliphatic rings. The van der Waals surface area contributed by atoms with Crippen molar-refractivity contribution in [3.63, 3.8) is 0 Å². The lowest BCUT2D eigenvalue weighted by Crippen LogP contribution is -2.27. The Kier molecular flexibility index (Phi) is 3.44. The molecule has 1 fully saturated rings. The van der Waals surface area contributed by atoms with Gasteiger partial charge in [-0.25, -0.2) is 9.97 Å². The van der Waals surface area contributed by atoms with E-state index >= 15 is 0 Å². The predicted octanol–water partition coefficient (Wildman–Crippen LogP) is 2.41. The summed E-state index contributed by atoms with van der Waals surface area (Å²) in [5.74, 6) is 0.636. The molecule has 1 aromatic carbocycles. The second-order valence-electron chi connectivity index (χ2n) is 5.41. The fourth-order valence-electron chi connectivity index (χ4n) is 2.38. The van der Waals surface area contributed by atoms with Gasteiger partial charge in [0.1, 0.15) is 11.8 Å². The monoisotopic (exact) mass is 279 g/mol. The Bertz CT molecular complexity index is 700. The highest BCUT2D eigenvalue weighted by molar-refractivity contribution is 5.44. The number of anilines is 2. The topological polar surface area (TPSA) is 78.8 Å². The van der Waals surface area contributed by atoms with Crippen LogP contribution in [0.25, 0.3) is 0 Å². The van der Waals surface area contributed by atoms with Crippen LogP contribution in [0.2, 0.25) is 0 Å². The number of nitriles is 1. The van der Waals surface area contributed by atoms with Crippen molar-refractivity contribution in [2.24, 2.45) is 0 Å². The standard InChI is InChI=1S/C16H17N5/c1-11-7-14(9-17)20-16(19-11)21(15-5-6-15)10-12-3-2-4-13(18)8-12/h2-4,7-8,15H,5-6,10,18H2,1H3. The molecule has 2 N–H and O–H groups in total. The molecule has 0 atom stereocenters. The molecule has 5 heteroatoms. The molecule has 1 aromatic heterocycles. The number of hydrogen-bond donors (Lipinski definition) is 1. The fraction of sp³-hybridized carbons (Fsp3) is 0.312. The Morgan fingerprint density at radius 1 is 1.33 bits per heavy atom. The van der Waals surface area contributed by atoms with Crippen molar-refractivity contribution < 1.29 is 0 Å². The van der Waals surface area contributed by atoms with Crippen LogP contribution < -0.4 is 10.6 Å². The number of aromatic nitrogens is 2. The highest BCUT2D eigenvalue weighted by Gasteiger charge is 2.31. The van der Waals surface area contributed by atoms with E-state index in [1.54, 1.807) is 6.07 Å². The maximum atomic E-state index is 9.07. The average molecular weight is 279 g/mol. The van der Waals surface area contributed by atoms with E-state index < -0.39 is 0 Å². The molecule has 0 amide bonds. The summed E-state index contributed by atoms with van der Waals surface area (Å²) in [7, 11) is 0. The van der Waals surface area contributed by atoms with Crippen molar-refractivity contribution in [3.8, 4) is 6.07 Å². The number of aryl methyl sites for hydroxylation is 1. The molecule has 106 valence electrons. The quantitative estimate of drug-likeness (QED) is 0.869. The fourth-order valence-corrected chi connectivity index (χ4v) is 2.38. The third-order valence-electron chi connectivity index (χ3n) is 3.51. The van der Waals surface area contributed by atoms with Crippen LogP contribution in [-0.4, -0.2) is 16.0 Å². The van der Waals surface area contributed by atoms with Crippen molar-refractivity contribution in [1.29, 1.82) is 5.26 Å². The first-order valence-electron chi connectivity index (χ1n) is 7.02. The maximum absolute atomic E-state index is 9.07. The molecule has 0 saturated heterocycles. The van der Waals surface area contributed by atoms with Gasteiger partial charge in [-0.2, -0.15) is 5.26 Å². The molecule has 3 rings (SSSR count). The van der Waals surface area contributed by atoms with Crippen molar-refractivity contribution in [3.05, 3.63) is 47.3 Å². The molecule has 5 nitrogen and oxygen atoms in total. The SMILES string of the molecule is Cc1cc(C#N)nc(N(Cc2cccc(N)c2)C2CC2)n1. The summed E-state index contributed by atoms with van der Waals surface area (Å²) in [5, 5.41) is 9.07. The minimum absolute atomic E-state index is 0.413. The molecule has 0 spiro atoms. The minimum atomic E-state index is 0.413. The van der Waals surface area contributed by atoms with E-state index in [9.17, 15) is 0 Å². The highest BCUT2D eigenvalue weighted by atomic mass is 15.3. The van der Waals surface area contributed by atoms with Gasteiger partial charge in [-0.1, -0.05) is 12.1 Å². The summed E-state index contributed by atoms with van der Waals surface area (Å²) < 4.78 is 0. The van der Waals surface area contributed by atoms with Crippen LogP contribution in [0.15, 0.2) is 30.3 Å². The molecule has 1 heterocycles. The van der Waals surface area contributed by atoms with Crippen LogP contribution in [0.5, 0.6) is 0 Å². The van der Waals surface area contributed by atoms with E-state index in [2.05, 4.69) is 20.9 Å². The van der Waals surface area contributed by atoms with Crippen LogP contribution in [0, 0.1) is 18.3 Å². The molecule has 0 unspecified atom stereocenters. The minimum Gasteiger partial charge on any atom is -0.399 e. The van der Waals surface area contributed by atoms with Gasteiger partial charge in [0, 0.05) is 24.0 Å². The first-order valence-corrected chi connectivity index (χ1v) is 7.02. The van der Waals surface area contributed by atoms with E-state index in [1.165, 1.54) is 0 Å². The zero-order valence-corrected chi connectivity index (χ0v) is 12.0. The van der Waals surface area contributed by atoms with Gasteiger partial charge in [-0.3, -0.25) is 0 Å². The molecule has 0 radical (unpaired) electrons. The number of benzene rings is 1. The Hall–Kier alpha value is -2.61. The first-order chi connectivity index (χ1) is 10.2. The molecule has 21 heavy (non-hydrogen) atoms. The van der Waals surface area contributed by atoms with Crippen LogP contribution in [0.4, 0.5) is 11.6 Å². The van der Waals surface area contributed by atoms with Gasteiger partial charge in [0.2, 0.25) is 5.95 Å². The van der Waals surface area contributed by atoms with E-state index in [0.29, 0.717) is 24.2 Å². The number of nitrogens with two attached hydrogens (primary N) is 1. The largest absolute Gasteiger partial charge is 0.399 e. The second kappa shape index (κ2) is 5.41. The Morgan fingerprint density at radius 3 is 2.81 bits per heavy atom. The first kappa shape index (κ1) is 13.4. The molecule has 1 saturated carbocycles. The summed E-state index contributed by atoms with van der Waals surface area (Å²) in [4.78, 5) is 11.0. The normalized spacial score (nSPS) is 13.7. The van der Waals surface area contributed by atoms with E-state index in [0.717, 1.165) is 29.8 Å². The van der Waals surface area contributed by atoms with E-state index in [1.807, 2.05) is 31.2 Å². The van der Waals surface area contributed by atoms with Crippen LogP contribution in [0.1, 0.15) is 29.8 Å². The Balaban J connectivity index is 1.92. The summed E-state index contributed by atoms with van der Waals surface area (Å²) in [6.45, 7) is 2.60. The Morgan fingerprint density at radius 2 is 2.14 bits per heavy atom. The van der Waals surface area contributed by atoms with Crippen molar-refractivity contribution in [2.45, 2.75) is 32.4 Å². The molecule has 0 bridgehead atoms. The van der Waals surface area contributed by atoms with Crippen LogP contribution in [0.3, 0.4) is 0 Å². The van der Waals surface area contributed by atoms with Gasteiger partial charge in [0.15, 0.2) is 0 Å². The molecule has 1 aliphatic carbocycles. The number of nitrogen functional groups attached to an aromatic ring is 1. The third-order valence-corrected chi connectivity index (χ3v) is 3.51. The van der Waals surface area contributed by atoms with Crippen molar-refractivity contribution in [2.75, 3.05) is 10.6 Å². The second-order valence-corrected chi connectivity index (χ2v) is 5.41. The zero-order valence-electron chi connectivity index (χ0n) is 12.0. The Labute approximate surface area is 124 Å². The van der Waals surface area contributed by atoms with E-state index in [-0.39, 0.29) is 0 Å².